The zero-order chi connectivity index (χ0) is 18.3. The molecular weight excluding hydrogens is 333 g/mol. The molecule has 0 fully saturated rings. The lowest BCUT2D eigenvalue weighted by Crippen LogP contribution is -2.21. The van der Waals surface area contributed by atoms with E-state index in [4.69, 9.17) is 4.42 Å². The van der Waals surface area contributed by atoms with Crippen molar-refractivity contribution in [3.63, 3.8) is 0 Å². The van der Waals surface area contributed by atoms with Gasteiger partial charge in [0.25, 0.3) is 5.91 Å². The van der Waals surface area contributed by atoms with Crippen LogP contribution in [0.2, 0.25) is 0 Å². The van der Waals surface area contributed by atoms with Crippen LogP contribution in [-0.2, 0) is 0 Å². The molecule has 26 heavy (non-hydrogen) atoms. The van der Waals surface area contributed by atoms with E-state index in [9.17, 15) is 14.0 Å². The number of halogens is 1. The topological polar surface area (TPSA) is 59.3 Å². The van der Waals surface area contributed by atoms with Gasteiger partial charge in [-0.2, -0.15) is 0 Å². The van der Waals surface area contributed by atoms with E-state index < -0.39 is 17.3 Å². The first-order valence-corrected chi connectivity index (χ1v) is 8.06. The summed E-state index contributed by atoms with van der Waals surface area (Å²) in [6, 6.07) is 16.8. The normalized spacial score (nSPS) is 11.0. The van der Waals surface area contributed by atoms with Crippen LogP contribution in [0.4, 0.5) is 10.1 Å². The van der Waals surface area contributed by atoms with Gasteiger partial charge in [0.1, 0.15) is 17.0 Å². The quantitative estimate of drug-likeness (QED) is 0.424. The van der Waals surface area contributed by atoms with E-state index >= 15 is 0 Å². The van der Waals surface area contributed by atoms with Crippen LogP contribution >= 0.6 is 0 Å². The molecule has 0 saturated heterocycles. The van der Waals surface area contributed by atoms with Gasteiger partial charge in [-0.3, -0.25) is 4.79 Å². The van der Waals surface area contributed by atoms with E-state index in [0.29, 0.717) is 22.2 Å². The highest BCUT2D eigenvalue weighted by Crippen LogP contribution is 2.25. The highest BCUT2D eigenvalue weighted by Gasteiger charge is 2.16. The first-order valence-electron chi connectivity index (χ1n) is 8.06. The minimum Gasteiger partial charge on any atom is -0.422 e. The fourth-order valence-electron chi connectivity index (χ4n) is 2.95. The zero-order valence-electron chi connectivity index (χ0n) is 13.9. The van der Waals surface area contributed by atoms with E-state index in [-0.39, 0.29) is 5.56 Å². The second kappa shape index (κ2) is 6.11. The molecule has 0 unspecified atom stereocenters. The van der Waals surface area contributed by atoms with Gasteiger partial charge in [0.2, 0.25) is 0 Å². The Morgan fingerprint density at radius 2 is 1.81 bits per heavy atom. The maximum absolute atomic E-state index is 13.4. The average Bonchev–Trinajstić information content (AvgIpc) is 2.64. The van der Waals surface area contributed by atoms with Crippen molar-refractivity contribution in [3.8, 4) is 0 Å². The molecule has 1 aromatic heterocycles. The number of carbonyl (C=O) groups excluding carboxylic acids is 1. The molecule has 0 atom stereocenters. The van der Waals surface area contributed by atoms with Gasteiger partial charge in [0, 0.05) is 11.1 Å². The summed E-state index contributed by atoms with van der Waals surface area (Å²) in [7, 11) is 0. The molecule has 0 bridgehead atoms. The van der Waals surface area contributed by atoms with Crippen LogP contribution in [0.3, 0.4) is 0 Å². The molecule has 4 rings (SSSR count). The Labute approximate surface area is 147 Å². The second-order valence-corrected chi connectivity index (χ2v) is 6.06. The van der Waals surface area contributed by atoms with Crippen molar-refractivity contribution in [1.29, 1.82) is 0 Å². The number of benzene rings is 3. The molecule has 0 aliphatic carbocycles. The maximum Gasteiger partial charge on any atom is 0.349 e. The molecule has 0 spiro atoms. The first-order chi connectivity index (χ1) is 12.5. The van der Waals surface area contributed by atoms with Crippen molar-refractivity contribution in [1.82, 2.24) is 0 Å². The van der Waals surface area contributed by atoms with Crippen molar-refractivity contribution in [3.05, 3.63) is 88.0 Å². The van der Waals surface area contributed by atoms with E-state index in [1.807, 2.05) is 30.3 Å². The van der Waals surface area contributed by atoms with Gasteiger partial charge in [-0.05, 0) is 47.5 Å². The summed E-state index contributed by atoms with van der Waals surface area (Å²) in [5.74, 6) is -1.11. The molecule has 1 heterocycles. The van der Waals surface area contributed by atoms with Gasteiger partial charge < -0.3 is 9.73 Å². The van der Waals surface area contributed by atoms with Gasteiger partial charge in [-0.25, -0.2) is 9.18 Å². The summed E-state index contributed by atoms with van der Waals surface area (Å²) in [5, 5.41) is 5.10. The molecule has 0 aliphatic rings. The Hall–Kier alpha value is -3.47. The number of amides is 1. The Balaban J connectivity index is 1.84. The van der Waals surface area contributed by atoms with Crippen molar-refractivity contribution in [2.45, 2.75) is 6.92 Å². The summed E-state index contributed by atoms with van der Waals surface area (Å²) in [5.41, 5.74) is 0.548. The van der Waals surface area contributed by atoms with Gasteiger partial charge in [0.05, 0.1) is 0 Å². The Morgan fingerprint density at radius 1 is 1.00 bits per heavy atom. The lowest BCUT2D eigenvalue weighted by atomic mass is 10.0. The molecule has 4 aromatic rings. The van der Waals surface area contributed by atoms with Crippen LogP contribution in [0, 0.1) is 12.7 Å². The number of fused-ring (bicyclic) bond motifs is 3. The van der Waals surface area contributed by atoms with Crippen LogP contribution in [0.1, 0.15) is 15.9 Å². The van der Waals surface area contributed by atoms with Crippen LogP contribution in [-0.4, -0.2) is 5.91 Å². The third-order valence-corrected chi connectivity index (χ3v) is 4.33. The Kier molecular flexibility index (Phi) is 3.77. The third kappa shape index (κ3) is 2.73. The van der Waals surface area contributed by atoms with Crippen LogP contribution in [0.5, 0.6) is 0 Å². The SMILES string of the molecule is Cc1ccc(F)cc1NC(=O)c1cc2c(ccc3ccccc32)oc1=O. The molecule has 4 nitrogen and oxygen atoms in total. The van der Waals surface area contributed by atoms with Crippen molar-refractivity contribution in [2.75, 3.05) is 5.32 Å². The molecule has 5 heteroatoms. The van der Waals surface area contributed by atoms with Gasteiger partial charge in [-0.1, -0.05) is 36.4 Å². The number of rotatable bonds is 2. The van der Waals surface area contributed by atoms with E-state index in [0.717, 1.165) is 10.8 Å². The number of hydrogen-bond donors (Lipinski definition) is 1. The van der Waals surface area contributed by atoms with E-state index in [2.05, 4.69) is 5.32 Å². The maximum atomic E-state index is 13.4. The number of nitrogens with one attached hydrogen (secondary N) is 1. The largest absolute Gasteiger partial charge is 0.422 e. The minimum atomic E-state index is -0.737. The third-order valence-electron chi connectivity index (χ3n) is 4.33. The lowest BCUT2D eigenvalue weighted by molar-refractivity contribution is 0.102. The molecule has 1 amide bonds. The van der Waals surface area contributed by atoms with Crippen LogP contribution in [0.25, 0.3) is 21.7 Å². The molecule has 0 radical (unpaired) electrons. The zero-order valence-corrected chi connectivity index (χ0v) is 13.9. The summed E-state index contributed by atoms with van der Waals surface area (Å²) >= 11 is 0. The number of aryl methyl sites for hydroxylation is 1. The fourth-order valence-corrected chi connectivity index (χ4v) is 2.95. The van der Waals surface area contributed by atoms with Gasteiger partial charge in [0.15, 0.2) is 0 Å². The molecule has 0 saturated carbocycles. The Morgan fingerprint density at radius 3 is 2.65 bits per heavy atom. The predicted molar refractivity (Wildman–Crippen MR) is 99.1 cm³/mol. The lowest BCUT2D eigenvalue weighted by Gasteiger charge is -2.09. The standard InChI is InChI=1S/C21H14FNO3/c1-12-6-8-14(22)10-18(12)23-20(24)17-11-16-15-5-3-2-4-13(15)7-9-19(16)26-21(17)25/h2-11H,1H3,(H,23,24). The molecule has 128 valence electrons. The number of anilines is 1. The van der Waals surface area contributed by atoms with Crippen LogP contribution in [0.15, 0.2) is 69.9 Å². The summed E-state index contributed by atoms with van der Waals surface area (Å²) in [6.45, 7) is 1.74. The second-order valence-electron chi connectivity index (χ2n) is 6.06. The summed E-state index contributed by atoms with van der Waals surface area (Å²) in [4.78, 5) is 24.8. The molecule has 0 aliphatic heterocycles. The molecular formula is C21H14FNO3. The Bertz CT molecular complexity index is 1230. The fraction of sp³-hybridized carbons (Fsp3) is 0.0476. The average molecular weight is 347 g/mol. The predicted octanol–water partition coefficient (Wildman–Crippen LogP) is 4.65. The van der Waals surface area contributed by atoms with E-state index in [1.54, 1.807) is 19.1 Å². The minimum absolute atomic E-state index is 0.127. The molecule has 3 aromatic carbocycles. The summed E-state index contributed by atoms with van der Waals surface area (Å²) < 4.78 is 18.8. The smallest absolute Gasteiger partial charge is 0.349 e. The van der Waals surface area contributed by atoms with Gasteiger partial charge in [-0.15, -0.1) is 0 Å². The van der Waals surface area contributed by atoms with Crippen molar-refractivity contribution in [2.24, 2.45) is 0 Å². The first kappa shape index (κ1) is 16.0. The van der Waals surface area contributed by atoms with Crippen molar-refractivity contribution >= 4 is 33.3 Å². The van der Waals surface area contributed by atoms with Crippen LogP contribution < -0.4 is 10.9 Å². The van der Waals surface area contributed by atoms with Gasteiger partial charge >= 0.3 is 5.63 Å². The number of carbonyl (C=O) groups is 1. The molecule has 1 N–H and O–H groups in total. The number of hydrogen-bond acceptors (Lipinski definition) is 3. The van der Waals surface area contributed by atoms with E-state index in [1.165, 1.54) is 18.2 Å². The summed E-state index contributed by atoms with van der Waals surface area (Å²) in [6.07, 6.45) is 0. The van der Waals surface area contributed by atoms with Crippen molar-refractivity contribution < 1.29 is 13.6 Å². The monoisotopic (exact) mass is 347 g/mol. The highest BCUT2D eigenvalue weighted by molar-refractivity contribution is 6.10. The highest BCUT2D eigenvalue weighted by atomic mass is 19.1.